The van der Waals surface area contributed by atoms with Crippen molar-refractivity contribution >= 4 is 58.6 Å². The lowest BCUT2D eigenvalue weighted by Crippen LogP contribution is -2.36. The molecule has 0 fully saturated rings. The Morgan fingerprint density at radius 2 is 1.63 bits per heavy atom. The van der Waals surface area contributed by atoms with Crippen LogP contribution in [0.2, 0.25) is 0 Å². The van der Waals surface area contributed by atoms with Crippen LogP contribution in [-0.2, 0) is 9.59 Å². The summed E-state index contributed by atoms with van der Waals surface area (Å²) in [6, 6.07) is 4.24. The highest BCUT2D eigenvalue weighted by atomic mass is 32.2. The maximum absolute atomic E-state index is 13.1. The second-order valence-electron chi connectivity index (χ2n) is 6.52. The molecule has 0 aliphatic carbocycles. The van der Waals surface area contributed by atoms with Gasteiger partial charge >= 0.3 is 0 Å². The number of carbonyl (C=O) groups excluding carboxylic acids is 3. The Labute approximate surface area is 188 Å². The van der Waals surface area contributed by atoms with Crippen LogP contribution in [0.25, 0.3) is 0 Å². The predicted molar refractivity (Wildman–Crippen MR) is 125 cm³/mol. The van der Waals surface area contributed by atoms with Gasteiger partial charge in [-0.05, 0) is 37.5 Å². The van der Waals surface area contributed by atoms with E-state index in [2.05, 4.69) is 0 Å². The topological polar surface area (TPSA) is 121 Å². The first kappa shape index (κ1) is 25.0. The van der Waals surface area contributed by atoms with Gasteiger partial charge in [0.1, 0.15) is 0 Å². The molecule has 1 aliphatic heterocycles. The average Bonchev–Trinajstić information content (AvgIpc) is 2.97. The zero-order chi connectivity index (χ0) is 22.3. The highest BCUT2D eigenvalue weighted by molar-refractivity contribution is 8.08. The quantitative estimate of drug-likeness (QED) is 0.310. The highest BCUT2D eigenvalue weighted by Gasteiger charge is 2.41. The minimum absolute atomic E-state index is 0.147. The number of carbonyl (C=O) groups is 3. The van der Waals surface area contributed by atoms with Crippen molar-refractivity contribution in [1.29, 1.82) is 0 Å². The Bertz CT molecular complexity index is 814. The maximum Gasteiger partial charge on any atom is 0.273 e. The lowest BCUT2D eigenvalue weighted by molar-refractivity contribution is -0.120. The van der Waals surface area contributed by atoms with Gasteiger partial charge in [0.15, 0.2) is 5.78 Å². The number of hydrogen-bond acceptors (Lipinski definition) is 9. The molecule has 0 aromatic heterocycles. The zero-order valence-corrected chi connectivity index (χ0v) is 19.4. The molecule has 2 rings (SSSR count). The number of rotatable bonds is 12. The fourth-order valence-electron chi connectivity index (χ4n) is 2.88. The van der Waals surface area contributed by atoms with Crippen LogP contribution in [-0.4, -0.2) is 70.6 Å². The van der Waals surface area contributed by atoms with Crippen molar-refractivity contribution in [3.8, 4) is 0 Å². The Morgan fingerprint density at radius 1 is 1.07 bits per heavy atom. The number of amides is 2. The minimum Gasteiger partial charge on any atom is -0.396 e. The summed E-state index contributed by atoms with van der Waals surface area (Å²) < 4.78 is 0. The van der Waals surface area contributed by atoms with Crippen molar-refractivity contribution in [3.63, 3.8) is 0 Å². The summed E-state index contributed by atoms with van der Waals surface area (Å²) in [5.74, 6) is -0.149. The number of nitrogens with zero attached hydrogens (tertiary/aromatic N) is 1. The molecule has 30 heavy (non-hydrogen) atoms. The van der Waals surface area contributed by atoms with E-state index in [-0.39, 0.29) is 51.6 Å². The van der Waals surface area contributed by atoms with Crippen LogP contribution in [0, 0.1) is 6.92 Å². The van der Waals surface area contributed by atoms with Gasteiger partial charge in [-0.2, -0.15) is 11.8 Å². The summed E-state index contributed by atoms with van der Waals surface area (Å²) in [7, 11) is 0. The molecule has 0 spiro atoms. The summed E-state index contributed by atoms with van der Waals surface area (Å²) in [5, 5.41) is 18.3. The van der Waals surface area contributed by atoms with Crippen LogP contribution < -0.4 is 10.6 Å². The number of thioether (sulfide) groups is 3. The van der Waals surface area contributed by atoms with Gasteiger partial charge in [0.05, 0.1) is 34.8 Å². The largest absolute Gasteiger partial charge is 0.396 e. The van der Waals surface area contributed by atoms with E-state index in [1.165, 1.54) is 0 Å². The molecular formula is C20H26N2O5S3. The number of anilines is 1. The van der Waals surface area contributed by atoms with Gasteiger partial charge in [-0.25, -0.2) is 4.90 Å². The van der Waals surface area contributed by atoms with Gasteiger partial charge in [-0.1, -0.05) is 11.6 Å². The number of benzene rings is 1. The third kappa shape index (κ3) is 5.68. The fraction of sp³-hybridized carbons (Fsp3) is 0.450. The molecule has 0 saturated heterocycles. The van der Waals surface area contributed by atoms with Crippen LogP contribution in [0.1, 0.15) is 22.3 Å². The van der Waals surface area contributed by atoms with Crippen molar-refractivity contribution in [2.45, 2.75) is 19.4 Å². The van der Waals surface area contributed by atoms with E-state index >= 15 is 0 Å². The van der Waals surface area contributed by atoms with Gasteiger partial charge in [0, 0.05) is 17.1 Å². The molecule has 0 unspecified atom stereocenters. The van der Waals surface area contributed by atoms with E-state index in [0.717, 1.165) is 39.7 Å². The number of aliphatic hydroxyl groups is 2. The number of hydrogen-bond donors (Lipinski definition) is 3. The standard InChI is InChI=1S/C20H26N2O5S3/c1-12-3-4-15(13(11-12)16(25)14(21)5-8-28-2)22-19(26)17(29-9-6-23)18(20(22)27)30-10-7-24/h3-4,11,14,23-24H,5-10,21H2,1-2H3/t14-/m0/s1. The fourth-order valence-corrected chi connectivity index (χ4v) is 5.18. The Kier molecular flexibility index (Phi) is 9.92. The molecular weight excluding hydrogens is 444 g/mol. The number of aliphatic hydroxyl groups excluding tert-OH is 2. The highest BCUT2D eigenvalue weighted by Crippen LogP contribution is 2.39. The molecule has 7 nitrogen and oxygen atoms in total. The van der Waals surface area contributed by atoms with Crippen molar-refractivity contribution in [3.05, 3.63) is 39.1 Å². The van der Waals surface area contributed by atoms with Crippen molar-refractivity contribution < 1.29 is 24.6 Å². The van der Waals surface area contributed by atoms with E-state index in [1.807, 2.05) is 13.2 Å². The van der Waals surface area contributed by atoms with Crippen LogP contribution in [0.5, 0.6) is 0 Å². The van der Waals surface area contributed by atoms with Gasteiger partial charge in [0.25, 0.3) is 11.8 Å². The van der Waals surface area contributed by atoms with Crippen LogP contribution in [0.3, 0.4) is 0 Å². The van der Waals surface area contributed by atoms with E-state index in [4.69, 9.17) is 15.9 Å². The first-order valence-corrected chi connectivity index (χ1v) is 12.7. The minimum atomic E-state index is -0.731. The van der Waals surface area contributed by atoms with Crippen molar-refractivity contribution in [2.24, 2.45) is 5.73 Å². The van der Waals surface area contributed by atoms with Crippen LogP contribution in [0.15, 0.2) is 28.0 Å². The van der Waals surface area contributed by atoms with Crippen molar-refractivity contribution in [2.75, 3.05) is 41.6 Å². The Morgan fingerprint density at radius 3 is 2.13 bits per heavy atom. The van der Waals surface area contributed by atoms with Crippen molar-refractivity contribution in [1.82, 2.24) is 0 Å². The number of Topliss-reactive ketones (excluding diaryl/α,β-unsaturated/α-hetero) is 1. The third-order valence-corrected chi connectivity index (χ3v) is 7.19. The predicted octanol–water partition coefficient (Wildman–Crippen LogP) is 1.79. The molecule has 0 bridgehead atoms. The van der Waals surface area contributed by atoms with Crippen LogP contribution >= 0.6 is 35.3 Å². The third-order valence-electron chi connectivity index (χ3n) is 4.30. The van der Waals surface area contributed by atoms with E-state index < -0.39 is 17.9 Å². The molecule has 164 valence electrons. The monoisotopic (exact) mass is 470 g/mol. The SMILES string of the molecule is CSCC[C@H](N)C(=O)c1cc(C)ccc1N1C(=O)C(SCCO)=C(SCCO)C1=O. The number of nitrogens with two attached hydrogens (primary N) is 1. The average molecular weight is 471 g/mol. The van der Waals surface area contributed by atoms with Gasteiger partial charge in [-0.3, -0.25) is 14.4 Å². The normalized spacial score (nSPS) is 15.3. The molecule has 1 aromatic carbocycles. The summed E-state index contributed by atoms with van der Waals surface area (Å²) in [5.41, 5.74) is 7.35. The molecule has 1 aromatic rings. The lowest BCUT2D eigenvalue weighted by atomic mass is 9.98. The summed E-state index contributed by atoms with van der Waals surface area (Å²) in [4.78, 5) is 40.7. The maximum atomic E-state index is 13.1. The number of aryl methyl sites for hydroxylation is 1. The summed E-state index contributed by atoms with van der Waals surface area (Å²) >= 11 is 3.77. The molecule has 1 aliphatic rings. The Balaban J connectivity index is 2.45. The van der Waals surface area contributed by atoms with Gasteiger partial charge in [0.2, 0.25) is 0 Å². The molecule has 0 radical (unpaired) electrons. The molecule has 2 amide bonds. The van der Waals surface area contributed by atoms with Gasteiger partial charge in [-0.15, -0.1) is 23.5 Å². The first-order chi connectivity index (χ1) is 14.4. The summed E-state index contributed by atoms with van der Waals surface area (Å²) in [6.45, 7) is 1.53. The van der Waals surface area contributed by atoms with Crippen LogP contribution in [0.4, 0.5) is 5.69 Å². The van der Waals surface area contributed by atoms with E-state index in [1.54, 1.807) is 30.0 Å². The second-order valence-corrected chi connectivity index (χ2v) is 9.72. The lowest BCUT2D eigenvalue weighted by Gasteiger charge is -2.21. The second kappa shape index (κ2) is 11.9. The zero-order valence-electron chi connectivity index (χ0n) is 16.9. The number of imide groups is 1. The number of ketones is 1. The Hall–Kier alpha value is -1.30. The molecule has 4 N–H and O–H groups in total. The molecule has 10 heteroatoms. The van der Waals surface area contributed by atoms with Gasteiger partial charge < -0.3 is 15.9 Å². The molecule has 0 saturated carbocycles. The van der Waals surface area contributed by atoms with E-state index in [9.17, 15) is 14.4 Å². The summed E-state index contributed by atoms with van der Waals surface area (Å²) in [6.07, 6.45) is 2.42. The smallest absolute Gasteiger partial charge is 0.273 e. The molecule has 1 heterocycles. The van der Waals surface area contributed by atoms with E-state index in [0.29, 0.717) is 6.42 Å². The first-order valence-electron chi connectivity index (χ1n) is 9.37. The molecule has 1 atom stereocenters.